The average Bonchev–Trinajstić information content (AvgIpc) is 2.28. The van der Waals surface area contributed by atoms with Gasteiger partial charge in [-0.25, -0.2) is 0 Å². The van der Waals surface area contributed by atoms with Crippen molar-refractivity contribution in [2.75, 3.05) is 0 Å². The van der Waals surface area contributed by atoms with Gasteiger partial charge in [-0.05, 0) is 36.3 Å². The lowest BCUT2D eigenvalue weighted by atomic mass is 9.92. The molecule has 0 unspecified atom stereocenters. The van der Waals surface area contributed by atoms with Crippen molar-refractivity contribution < 1.29 is 5.11 Å². The Balaban J connectivity index is 3.01. The first-order valence-corrected chi connectivity index (χ1v) is 5.41. The molecule has 1 rings (SSSR count). The lowest BCUT2D eigenvalue weighted by molar-refractivity contribution is 0.0790. The maximum atomic E-state index is 9.77. The molecule has 1 aromatic rings. The zero-order valence-corrected chi connectivity index (χ0v) is 9.83. The molecule has 2 heteroatoms. The molecule has 1 N–H and O–H groups in total. The van der Waals surface area contributed by atoms with Crippen molar-refractivity contribution in [2.24, 2.45) is 0 Å². The lowest BCUT2D eigenvalue weighted by Gasteiger charge is -2.17. The fourth-order valence-electron chi connectivity index (χ4n) is 1.05. The molecule has 0 atom stereocenters. The molecule has 0 aromatic carbocycles. The molecule has 74 valence electrons. The van der Waals surface area contributed by atoms with E-state index in [0.29, 0.717) is 0 Å². The van der Waals surface area contributed by atoms with Crippen LogP contribution in [0, 0.1) is 0 Å². The van der Waals surface area contributed by atoms with Crippen molar-refractivity contribution in [1.29, 1.82) is 0 Å². The summed E-state index contributed by atoms with van der Waals surface area (Å²) in [6.45, 7) is 10.2. The van der Waals surface area contributed by atoms with Crippen LogP contribution in [0.15, 0.2) is 11.4 Å². The molecule has 0 spiro atoms. The van der Waals surface area contributed by atoms with E-state index in [0.717, 1.165) is 5.56 Å². The summed E-state index contributed by atoms with van der Waals surface area (Å²) in [5.74, 6) is 0. The molecule has 0 aliphatic carbocycles. The normalized spacial score (nSPS) is 13.4. The minimum atomic E-state index is -0.708. The fraction of sp³-hybridized carbons (Fsp3) is 0.636. The van der Waals surface area contributed by atoms with Crippen molar-refractivity contribution in [3.05, 3.63) is 21.9 Å². The lowest BCUT2D eigenvalue weighted by Crippen LogP contribution is -2.14. The number of hydrogen-bond acceptors (Lipinski definition) is 2. The summed E-state index contributed by atoms with van der Waals surface area (Å²) >= 11 is 1.72. The number of rotatable bonds is 1. The first kappa shape index (κ1) is 10.7. The molecule has 13 heavy (non-hydrogen) atoms. The Hall–Kier alpha value is -0.340. The number of thiophene rings is 1. The van der Waals surface area contributed by atoms with Crippen LogP contribution in [0.5, 0.6) is 0 Å². The second-order valence-electron chi connectivity index (χ2n) is 5.01. The van der Waals surface area contributed by atoms with Gasteiger partial charge in [0, 0.05) is 4.88 Å². The van der Waals surface area contributed by atoms with E-state index in [4.69, 9.17) is 0 Å². The summed E-state index contributed by atoms with van der Waals surface area (Å²) in [5.41, 5.74) is 0.496. The predicted octanol–water partition coefficient (Wildman–Crippen LogP) is 3.27. The largest absolute Gasteiger partial charge is 0.386 e. The van der Waals surface area contributed by atoms with Crippen LogP contribution in [0.1, 0.15) is 45.1 Å². The van der Waals surface area contributed by atoms with Gasteiger partial charge < -0.3 is 5.11 Å². The van der Waals surface area contributed by atoms with Crippen molar-refractivity contribution in [2.45, 2.75) is 45.6 Å². The summed E-state index contributed by atoms with van der Waals surface area (Å²) in [4.78, 5) is 1.32. The molecule has 1 heterocycles. The smallest absolute Gasteiger partial charge is 0.0848 e. The number of aliphatic hydroxyl groups is 1. The molecule has 0 bridgehead atoms. The highest BCUT2D eigenvalue weighted by molar-refractivity contribution is 7.10. The second-order valence-corrected chi connectivity index (χ2v) is 5.92. The maximum Gasteiger partial charge on any atom is 0.0848 e. The van der Waals surface area contributed by atoms with E-state index < -0.39 is 5.60 Å². The third-order valence-corrected chi connectivity index (χ3v) is 3.40. The summed E-state index contributed by atoms with van der Waals surface area (Å²) in [6, 6.07) is 2.10. The van der Waals surface area contributed by atoms with Crippen LogP contribution in [0.25, 0.3) is 0 Å². The van der Waals surface area contributed by atoms with E-state index >= 15 is 0 Å². The molecule has 1 aromatic heterocycles. The minimum absolute atomic E-state index is 0.189. The van der Waals surface area contributed by atoms with Gasteiger partial charge in [0.2, 0.25) is 0 Å². The third kappa shape index (κ3) is 2.55. The summed E-state index contributed by atoms with van der Waals surface area (Å²) in [6.07, 6.45) is 0. The third-order valence-electron chi connectivity index (χ3n) is 2.05. The van der Waals surface area contributed by atoms with Gasteiger partial charge in [-0.15, -0.1) is 11.3 Å². The van der Waals surface area contributed by atoms with Gasteiger partial charge in [-0.3, -0.25) is 0 Å². The Labute approximate surface area is 84.4 Å². The monoisotopic (exact) mass is 198 g/mol. The SMILES string of the molecule is CC(C)(C)c1cc(C(C)(C)O)cs1. The highest BCUT2D eigenvalue weighted by Crippen LogP contribution is 2.32. The highest BCUT2D eigenvalue weighted by atomic mass is 32.1. The van der Waals surface area contributed by atoms with Crippen LogP contribution < -0.4 is 0 Å². The Morgan fingerprint density at radius 2 is 1.69 bits per heavy atom. The minimum Gasteiger partial charge on any atom is -0.386 e. The van der Waals surface area contributed by atoms with Gasteiger partial charge in [0.25, 0.3) is 0 Å². The van der Waals surface area contributed by atoms with Crippen LogP contribution in [0.2, 0.25) is 0 Å². The Bertz CT molecular complexity index is 257. The van der Waals surface area contributed by atoms with E-state index in [1.807, 2.05) is 19.2 Å². The summed E-state index contributed by atoms with van der Waals surface area (Å²) in [7, 11) is 0. The van der Waals surface area contributed by atoms with Crippen molar-refractivity contribution in [1.82, 2.24) is 0 Å². The van der Waals surface area contributed by atoms with Crippen molar-refractivity contribution in [3.8, 4) is 0 Å². The van der Waals surface area contributed by atoms with E-state index in [2.05, 4.69) is 26.8 Å². The van der Waals surface area contributed by atoms with Crippen molar-refractivity contribution in [3.63, 3.8) is 0 Å². The van der Waals surface area contributed by atoms with E-state index in [1.165, 1.54) is 4.88 Å². The molecular formula is C11H18OS. The van der Waals surface area contributed by atoms with E-state index in [1.54, 1.807) is 11.3 Å². The van der Waals surface area contributed by atoms with Crippen molar-refractivity contribution >= 4 is 11.3 Å². The number of hydrogen-bond donors (Lipinski definition) is 1. The van der Waals surface area contributed by atoms with E-state index in [-0.39, 0.29) is 5.41 Å². The molecule has 1 nitrogen and oxygen atoms in total. The molecule has 0 saturated heterocycles. The molecule has 0 fully saturated rings. The molecule has 0 saturated carbocycles. The van der Waals surface area contributed by atoms with Crippen LogP contribution in [-0.2, 0) is 11.0 Å². The van der Waals surface area contributed by atoms with Crippen LogP contribution >= 0.6 is 11.3 Å². The van der Waals surface area contributed by atoms with Gasteiger partial charge in [0.1, 0.15) is 0 Å². The van der Waals surface area contributed by atoms with Gasteiger partial charge >= 0.3 is 0 Å². The quantitative estimate of drug-likeness (QED) is 0.734. The van der Waals surface area contributed by atoms with Crippen LogP contribution in [0.4, 0.5) is 0 Å². The molecule has 0 radical (unpaired) electrons. The first-order chi connectivity index (χ1) is 5.71. The molecule has 0 aliphatic heterocycles. The fourth-order valence-corrected chi connectivity index (χ4v) is 2.21. The summed E-state index contributed by atoms with van der Waals surface area (Å²) < 4.78 is 0. The maximum absolute atomic E-state index is 9.77. The van der Waals surface area contributed by atoms with Gasteiger partial charge in [0.05, 0.1) is 5.60 Å². The van der Waals surface area contributed by atoms with Gasteiger partial charge in [-0.2, -0.15) is 0 Å². The topological polar surface area (TPSA) is 20.2 Å². The Kier molecular flexibility index (Phi) is 2.56. The zero-order valence-electron chi connectivity index (χ0n) is 9.01. The summed E-state index contributed by atoms with van der Waals surface area (Å²) in [5, 5.41) is 11.8. The predicted molar refractivity (Wildman–Crippen MR) is 58.3 cm³/mol. The highest BCUT2D eigenvalue weighted by Gasteiger charge is 2.22. The molecule has 0 amide bonds. The molecular weight excluding hydrogens is 180 g/mol. The van der Waals surface area contributed by atoms with E-state index in [9.17, 15) is 5.11 Å². The Morgan fingerprint density at radius 3 is 1.92 bits per heavy atom. The standard InChI is InChI=1S/C11H18OS/c1-10(2,3)9-6-8(7-13-9)11(4,5)12/h6-7,12H,1-5H3. The Morgan fingerprint density at radius 1 is 1.15 bits per heavy atom. The van der Waals surface area contributed by atoms with Crippen LogP contribution in [-0.4, -0.2) is 5.11 Å². The van der Waals surface area contributed by atoms with Crippen LogP contribution in [0.3, 0.4) is 0 Å². The van der Waals surface area contributed by atoms with Gasteiger partial charge in [0.15, 0.2) is 0 Å². The zero-order chi connectivity index (χ0) is 10.3. The second kappa shape index (κ2) is 3.10. The molecule has 0 aliphatic rings. The van der Waals surface area contributed by atoms with Gasteiger partial charge in [-0.1, -0.05) is 20.8 Å². The average molecular weight is 198 g/mol. The first-order valence-electron chi connectivity index (χ1n) is 4.53.